The number of rotatable bonds is 4. The Morgan fingerprint density at radius 3 is 1.91 bits per heavy atom. The zero-order chi connectivity index (χ0) is 31.3. The number of ether oxygens (including phenoxy) is 2. The van der Waals surface area contributed by atoms with Crippen molar-refractivity contribution in [2.24, 2.45) is 0 Å². The van der Waals surface area contributed by atoms with Crippen molar-refractivity contribution in [3.63, 3.8) is 0 Å². The molecule has 7 unspecified atom stereocenters. The van der Waals surface area contributed by atoms with Crippen LogP contribution < -0.4 is 0 Å². The molecule has 1 aromatic heterocycles. The molecular weight excluding hydrogens is 558 g/mol. The van der Waals surface area contributed by atoms with E-state index in [0.717, 1.165) is 45.9 Å². The van der Waals surface area contributed by atoms with Crippen molar-refractivity contribution in [1.29, 1.82) is 0 Å². The van der Waals surface area contributed by atoms with Crippen molar-refractivity contribution < 1.29 is 50.3 Å². The Balaban J connectivity index is 0.000000324. The predicted octanol–water partition coefficient (Wildman–Crippen LogP) is -0.770. The molecule has 0 radical (unpaired) electrons. The molecule has 11 nitrogen and oxygen atoms in total. The molecular formula is C32H39NO10. The molecule has 0 bridgehead atoms. The lowest BCUT2D eigenvalue weighted by Gasteiger charge is -2.37. The van der Waals surface area contributed by atoms with Gasteiger partial charge in [-0.2, -0.15) is 0 Å². The highest BCUT2D eigenvalue weighted by atomic mass is 16.5. The third-order valence-electron chi connectivity index (χ3n) is 7.62. The monoisotopic (exact) mass is 597 g/mol. The molecule has 9 atom stereocenters. The van der Waals surface area contributed by atoms with Gasteiger partial charge in [-0.05, 0) is 37.6 Å². The van der Waals surface area contributed by atoms with Crippen LogP contribution in [0, 0.1) is 23.7 Å². The van der Waals surface area contributed by atoms with E-state index in [-0.39, 0.29) is 13.2 Å². The van der Waals surface area contributed by atoms with E-state index in [0.29, 0.717) is 0 Å². The third-order valence-corrected chi connectivity index (χ3v) is 7.62. The van der Waals surface area contributed by atoms with Crippen molar-refractivity contribution >= 4 is 21.8 Å². The highest BCUT2D eigenvalue weighted by Crippen LogP contribution is 2.31. The summed E-state index contributed by atoms with van der Waals surface area (Å²) in [7, 11) is 0. The first-order valence-electron chi connectivity index (χ1n) is 14.2. The molecule has 232 valence electrons. The molecule has 2 aliphatic heterocycles. The molecule has 2 fully saturated rings. The van der Waals surface area contributed by atoms with Gasteiger partial charge in [-0.3, -0.25) is 0 Å². The summed E-state index contributed by atoms with van der Waals surface area (Å²) >= 11 is 0. The maximum absolute atomic E-state index is 10.2. The summed E-state index contributed by atoms with van der Waals surface area (Å²) in [5, 5.41) is 77.5. The smallest absolute Gasteiger partial charge is 0.147 e. The summed E-state index contributed by atoms with van der Waals surface area (Å²) in [6.45, 7) is 3.93. The van der Waals surface area contributed by atoms with E-state index >= 15 is 0 Å². The van der Waals surface area contributed by atoms with Crippen LogP contribution in [0.4, 0.5) is 0 Å². The van der Waals surface area contributed by atoms with Gasteiger partial charge in [0.25, 0.3) is 0 Å². The minimum absolute atomic E-state index is 0.0521. The maximum atomic E-state index is 10.2. The number of benzene rings is 2. The van der Waals surface area contributed by atoms with Crippen LogP contribution >= 0.6 is 0 Å². The minimum Gasteiger partial charge on any atom is -0.394 e. The van der Waals surface area contributed by atoms with E-state index in [4.69, 9.17) is 29.9 Å². The second-order valence-electron chi connectivity index (χ2n) is 10.6. The molecule has 8 N–H and O–H groups in total. The lowest BCUT2D eigenvalue weighted by molar-refractivity contribution is -0.214. The SMILES string of the molecule is CC#Cc1ccc2c3ccc(C#CC4OC(CO)[C@@H](O)C(O)C4O)cc3n(CCC)c2c1.OCC1OCC(O)C(O)[C@@H]1O. The molecule has 3 heterocycles. The summed E-state index contributed by atoms with van der Waals surface area (Å²) in [5.41, 5.74) is 3.90. The zero-order valence-corrected chi connectivity index (χ0v) is 24.0. The van der Waals surface area contributed by atoms with Gasteiger partial charge in [0.05, 0.1) is 30.9 Å². The van der Waals surface area contributed by atoms with Crippen LogP contribution in [0.2, 0.25) is 0 Å². The zero-order valence-electron chi connectivity index (χ0n) is 24.0. The van der Waals surface area contributed by atoms with Crippen molar-refractivity contribution in [3.05, 3.63) is 47.5 Å². The molecule has 0 spiro atoms. The van der Waals surface area contributed by atoms with Crippen LogP contribution in [-0.4, -0.2) is 120 Å². The Kier molecular flexibility index (Phi) is 11.2. The van der Waals surface area contributed by atoms with Crippen LogP contribution in [0.3, 0.4) is 0 Å². The van der Waals surface area contributed by atoms with Gasteiger partial charge in [-0.25, -0.2) is 0 Å². The first-order chi connectivity index (χ1) is 20.6. The van der Waals surface area contributed by atoms with E-state index in [1.54, 1.807) is 0 Å². The Labute approximate surface area is 249 Å². The molecule has 0 amide bonds. The highest BCUT2D eigenvalue weighted by molar-refractivity contribution is 6.08. The summed E-state index contributed by atoms with van der Waals surface area (Å²) in [5.74, 6) is 11.9. The second-order valence-corrected chi connectivity index (χ2v) is 10.6. The first-order valence-corrected chi connectivity index (χ1v) is 14.2. The highest BCUT2D eigenvalue weighted by Gasteiger charge is 2.42. The summed E-state index contributed by atoms with van der Waals surface area (Å²) < 4.78 is 12.6. The fourth-order valence-corrected chi connectivity index (χ4v) is 5.26. The summed E-state index contributed by atoms with van der Waals surface area (Å²) in [6, 6.07) is 12.2. The van der Waals surface area contributed by atoms with E-state index in [1.165, 1.54) is 0 Å². The Morgan fingerprint density at radius 1 is 0.767 bits per heavy atom. The Morgan fingerprint density at radius 2 is 1.35 bits per heavy atom. The standard InChI is InChI=1S/C26H27NO5.C6H12O5/c1-3-5-16-6-9-18-19-10-7-17(14-21(19)27(12-4-2)20(18)13-16)8-11-22-24(29)26(31)25(30)23(15-28)32-22;7-1-4-6(10)5(9)3(8)2-11-4/h6-7,9-10,13-14,22-26,28-31H,4,12,15H2,1-2H3;3-10H,1-2H2/t22?,23?,24?,25-,26?;3?,4?,5?,6-/m11/s1. The molecule has 3 aromatic rings. The van der Waals surface area contributed by atoms with Crippen LogP contribution in [-0.2, 0) is 16.0 Å². The van der Waals surface area contributed by atoms with Crippen molar-refractivity contribution in [1.82, 2.24) is 4.57 Å². The number of aliphatic hydroxyl groups is 8. The molecule has 2 aliphatic rings. The van der Waals surface area contributed by atoms with E-state index in [2.05, 4.69) is 47.3 Å². The fraction of sp³-hybridized carbons (Fsp3) is 0.500. The lowest BCUT2D eigenvalue weighted by Crippen LogP contribution is -2.58. The summed E-state index contributed by atoms with van der Waals surface area (Å²) in [6.07, 6.45) is -9.48. The third kappa shape index (κ3) is 7.04. The maximum Gasteiger partial charge on any atom is 0.147 e. The van der Waals surface area contributed by atoms with Crippen molar-refractivity contribution in [2.75, 3.05) is 19.8 Å². The van der Waals surface area contributed by atoms with Crippen LogP contribution in [0.5, 0.6) is 0 Å². The first kappa shape index (κ1) is 32.9. The molecule has 43 heavy (non-hydrogen) atoms. The van der Waals surface area contributed by atoms with Gasteiger partial charge < -0.3 is 54.9 Å². The number of nitrogens with zero attached hydrogens (tertiary/aromatic N) is 1. The molecule has 2 aromatic carbocycles. The summed E-state index contributed by atoms with van der Waals surface area (Å²) in [4.78, 5) is 0. The predicted molar refractivity (Wildman–Crippen MR) is 158 cm³/mol. The van der Waals surface area contributed by atoms with Gasteiger partial charge >= 0.3 is 0 Å². The van der Waals surface area contributed by atoms with Crippen molar-refractivity contribution in [3.8, 4) is 23.7 Å². The molecule has 5 rings (SSSR count). The number of aliphatic hydroxyl groups excluding tert-OH is 8. The van der Waals surface area contributed by atoms with Gasteiger partial charge in [-0.1, -0.05) is 36.8 Å². The Hall–Kier alpha value is -3.04. The van der Waals surface area contributed by atoms with Crippen LogP contribution in [0.25, 0.3) is 21.8 Å². The quantitative estimate of drug-likeness (QED) is 0.178. The number of aryl methyl sites for hydroxylation is 1. The number of hydrogen-bond donors (Lipinski definition) is 8. The molecule has 2 saturated heterocycles. The van der Waals surface area contributed by atoms with Crippen LogP contribution in [0.1, 0.15) is 31.4 Å². The topological polar surface area (TPSA) is 185 Å². The molecule has 0 aliphatic carbocycles. The van der Waals surface area contributed by atoms with E-state index in [1.807, 2.05) is 31.2 Å². The minimum atomic E-state index is -1.44. The molecule has 11 heteroatoms. The van der Waals surface area contributed by atoms with Crippen molar-refractivity contribution in [2.45, 2.75) is 81.7 Å². The lowest BCUT2D eigenvalue weighted by atomic mass is 9.95. The van der Waals surface area contributed by atoms with Gasteiger partial charge in [0.1, 0.15) is 54.9 Å². The average Bonchev–Trinajstić information content (AvgIpc) is 3.31. The number of hydrogen-bond acceptors (Lipinski definition) is 10. The average molecular weight is 598 g/mol. The van der Waals surface area contributed by atoms with Crippen LogP contribution in [0.15, 0.2) is 36.4 Å². The van der Waals surface area contributed by atoms with Gasteiger partial charge in [0.2, 0.25) is 0 Å². The largest absolute Gasteiger partial charge is 0.394 e. The van der Waals surface area contributed by atoms with Gasteiger partial charge in [0.15, 0.2) is 0 Å². The number of aromatic nitrogens is 1. The van der Waals surface area contributed by atoms with Gasteiger partial charge in [0, 0.05) is 28.4 Å². The fourth-order valence-electron chi connectivity index (χ4n) is 5.26. The second kappa shape index (κ2) is 14.6. The van der Waals surface area contributed by atoms with Gasteiger partial charge in [-0.15, -0.1) is 5.92 Å². The van der Waals surface area contributed by atoms with E-state index < -0.39 is 61.5 Å². The normalized spacial score (nSPS) is 30.5. The Bertz CT molecular complexity index is 1510. The molecule has 0 saturated carbocycles. The number of fused-ring (bicyclic) bond motifs is 3. The van der Waals surface area contributed by atoms with E-state index in [9.17, 15) is 20.4 Å².